The number of carbonyl (C=O) groups excluding carboxylic acids is 1. The number of pyridine rings is 1. The van der Waals surface area contributed by atoms with Crippen molar-refractivity contribution in [3.63, 3.8) is 0 Å². The van der Waals surface area contributed by atoms with E-state index in [2.05, 4.69) is 10.3 Å². The monoisotopic (exact) mass is 439 g/mol. The van der Waals surface area contributed by atoms with E-state index in [1.807, 2.05) is 49.3 Å². The largest absolute Gasteiger partial charge is 0.369 e. The van der Waals surface area contributed by atoms with Crippen LogP contribution < -0.4 is 11.1 Å². The maximum atomic E-state index is 14.4. The fraction of sp³-hybridized carbons (Fsp3) is 0.375. The Morgan fingerprint density at radius 3 is 2.78 bits per heavy atom. The van der Waals surface area contributed by atoms with E-state index >= 15 is 0 Å². The minimum absolute atomic E-state index is 0.180. The second kappa shape index (κ2) is 8.78. The van der Waals surface area contributed by atoms with Crippen LogP contribution in [0.25, 0.3) is 5.57 Å². The van der Waals surface area contributed by atoms with Gasteiger partial charge < -0.3 is 10.6 Å². The van der Waals surface area contributed by atoms with Gasteiger partial charge in [0, 0.05) is 42.7 Å². The van der Waals surface area contributed by atoms with Crippen LogP contribution in [0.2, 0.25) is 0 Å². The van der Waals surface area contributed by atoms with E-state index in [0.29, 0.717) is 12.2 Å². The standard InChI is InChI=1S/C24H27F2N5O/c1-15-19(17-6-3-5-16(9-17)10-21(27)32)13-31(2)23(30-15)29-14-24(11-18(25)12-24)22-20(26)7-4-8-28-22/h3-9,13,18,23,29H,10-12,14H2,1-2H3,(H2,27,32). The molecular formula is C24H27F2N5O. The maximum Gasteiger partial charge on any atom is 0.221 e. The summed E-state index contributed by atoms with van der Waals surface area (Å²) in [5, 5.41) is 3.36. The first-order chi connectivity index (χ1) is 15.3. The number of nitrogens with two attached hydrogens (primary N) is 1. The van der Waals surface area contributed by atoms with Gasteiger partial charge in [-0.1, -0.05) is 24.3 Å². The Bertz CT molecular complexity index is 1080. The summed E-state index contributed by atoms with van der Waals surface area (Å²) >= 11 is 0. The molecule has 6 nitrogen and oxygen atoms in total. The fourth-order valence-electron chi connectivity index (χ4n) is 4.51. The number of hydrogen-bond acceptors (Lipinski definition) is 5. The molecule has 1 aliphatic heterocycles. The molecule has 2 heterocycles. The molecule has 32 heavy (non-hydrogen) atoms. The summed E-state index contributed by atoms with van der Waals surface area (Å²) in [4.78, 5) is 22.2. The Kier molecular flexibility index (Phi) is 6.06. The summed E-state index contributed by atoms with van der Waals surface area (Å²) in [6.45, 7) is 2.29. The van der Waals surface area contributed by atoms with Crippen LogP contribution in [0.5, 0.6) is 0 Å². The molecule has 1 amide bonds. The molecule has 4 rings (SSSR count). The van der Waals surface area contributed by atoms with Gasteiger partial charge in [0.2, 0.25) is 5.91 Å². The number of nitrogens with zero attached hydrogens (tertiary/aromatic N) is 3. The third-order valence-corrected chi connectivity index (χ3v) is 6.15. The predicted molar refractivity (Wildman–Crippen MR) is 120 cm³/mol. The number of hydrogen-bond donors (Lipinski definition) is 2. The highest BCUT2D eigenvalue weighted by Crippen LogP contribution is 2.45. The smallest absolute Gasteiger partial charge is 0.221 e. The molecule has 168 valence electrons. The van der Waals surface area contributed by atoms with Crippen molar-refractivity contribution in [3.05, 3.63) is 71.4 Å². The first-order valence-corrected chi connectivity index (χ1v) is 10.6. The van der Waals surface area contributed by atoms with E-state index in [1.165, 1.54) is 6.07 Å². The van der Waals surface area contributed by atoms with Crippen LogP contribution in [-0.2, 0) is 16.6 Å². The van der Waals surface area contributed by atoms with Gasteiger partial charge in [-0.3, -0.25) is 15.1 Å². The Hall–Kier alpha value is -3.13. The van der Waals surface area contributed by atoms with Crippen LogP contribution in [0.1, 0.15) is 36.6 Å². The molecule has 1 fully saturated rings. The van der Waals surface area contributed by atoms with Gasteiger partial charge in [0.1, 0.15) is 12.0 Å². The van der Waals surface area contributed by atoms with E-state index in [1.54, 1.807) is 12.3 Å². The van der Waals surface area contributed by atoms with Crippen LogP contribution in [0.15, 0.2) is 53.8 Å². The van der Waals surface area contributed by atoms with Crippen molar-refractivity contribution < 1.29 is 13.6 Å². The lowest BCUT2D eigenvalue weighted by atomic mass is 9.65. The SMILES string of the molecule is CC1=NC(NCC2(c3ncccc3F)CC(F)C2)N(C)C=C1c1cccc(CC(N)=O)c1. The minimum atomic E-state index is -0.952. The first kappa shape index (κ1) is 22.1. The molecule has 1 saturated carbocycles. The summed E-state index contributed by atoms with van der Waals surface area (Å²) < 4.78 is 28.2. The Balaban J connectivity index is 1.50. The summed E-state index contributed by atoms with van der Waals surface area (Å²) in [7, 11) is 1.90. The van der Waals surface area contributed by atoms with Crippen molar-refractivity contribution >= 4 is 17.2 Å². The lowest BCUT2D eigenvalue weighted by Gasteiger charge is -2.45. The highest BCUT2D eigenvalue weighted by Gasteiger charge is 2.48. The average Bonchev–Trinajstić information content (AvgIpc) is 2.72. The van der Waals surface area contributed by atoms with Gasteiger partial charge in [-0.25, -0.2) is 13.8 Å². The van der Waals surface area contributed by atoms with Crippen molar-refractivity contribution in [2.75, 3.05) is 13.6 Å². The molecule has 3 N–H and O–H groups in total. The van der Waals surface area contributed by atoms with E-state index in [0.717, 1.165) is 22.4 Å². The van der Waals surface area contributed by atoms with E-state index < -0.39 is 17.4 Å². The van der Waals surface area contributed by atoms with Crippen LogP contribution in [-0.4, -0.2) is 47.6 Å². The van der Waals surface area contributed by atoms with Gasteiger partial charge in [0.05, 0.1) is 12.1 Å². The van der Waals surface area contributed by atoms with E-state index in [-0.39, 0.29) is 31.5 Å². The summed E-state index contributed by atoms with van der Waals surface area (Å²) in [6, 6.07) is 10.6. The third-order valence-electron chi connectivity index (χ3n) is 6.15. The molecule has 2 aromatic rings. The molecule has 1 atom stereocenters. The maximum absolute atomic E-state index is 14.4. The van der Waals surface area contributed by atoms with Crippen LogP contribution in [0.4, 0.5) is 8.78 Å². The number of aliphatic imine (C=N–C) groups is 1. The number of carbonyl (C=O) groups is 1. The van der Waals surface area contributed by atoms with Gasteiger partial charge in [-0.15, -0.1) is 0 Å². The molecule has 0 bridgehead atoms. The predicted octanol–water partition coefficient (Wildman–Crippen LogP) is 2.94. The molecule has 1 unspecified atom stereocenters. The number of amides is 1. The Morgan fingerprint density at radius 1 is 1.31 bits per heavy atom. The average molecular weight is 440 g/mol. The number of primary amides is 1. The van der Waals surface area contributed by atoms with Crippen LogP contribution >= 0.6 is 0 Å². The molecule has 0 radical (unpaired) electrons. The number of benzene rings is 1. The van der Waals surface area contributed by atoms with Crippen molar-refractivity contribution in [2.24, 2.45) is 10.7 Å². The van der Waals surface area contributed by atoms with Crippen molar-refractivity contribution in [1.82, 2.24) is 15.2 Å². The molecular weight excluding hydrogens is 412 g/mol. The number of aromatic nitrogens is 1. The number of rotatable bonds is 7. The summed E-state index contributed by atoms with van der Waals surface area (Å²) in [5.41, 5.74) is 8.51. The topological polar surface area (TPSA) is 83.6 Å². The van der Waals surface area contributed by atoms with Gasteiger partial charge in [0.25, 0.3) is 0 Å². The lowest BCUT2D eigenvalue weighted by Crippen LogP contribution is -2.54. The molecule has 1 aliphatic carbocycles. The zero-order valence-electron chi connectivity index (χ0n) is 18.2. The number of allylic oxidation sites excluding steroid dienone is 1. The molecule has 0 spiro atoms. The number of nitrogens with one attached hydrogen (secondary N) is 1. The Labute approximate surface area is 186 Å². The number of alkyl halides is 1. The Morgan fingerprint density at radius 2 is 2.09 bits per heavy atom. The second-order valence-electron chi connectivity index (χ2n) is 8.64. The highest BCUT2D eigenvalue weighted by atomic mass is 19.1. The van der Waals surface area contributed by atoms with Gasteiger partial charge >= 0.3 is 0 Å². The molecule has 1 aromatic heterocycles. The minimum Gasteiger partial charge on any atom is -0.369 e. The normalized spacial score (nSPS) is 25.1. The highest BCUT2D eigenvalue weighted by molar-refractivity contribution is 6.23. The summed E-state index contributed by atoms with van der Waals surface area (Å²) in [5.74, 6) is -0.785. The third kappa shape index (κ3) is 4.41. The fourth-order valence-corrected chi connectivity index (χ4v) is 4.51. The van der Waals surface area contributed by atoms with Gasteiger partial charge in [-0.2, -0.15) is 0 Å². The number of halogens is 2. The van der Waals surface area contributed by atoms with Gasteiger partial charge in [-0.05, 0) is 43.0 Å². The van der Waals surface area contributed by atoms with Crippen LogP contribution in [0, 0.1) is 5.82 Å². The lowest BCUT2D eigenvalue weighted by molar-refractivity contribution is -0.117. The van der Waals surface area contributed by atoms with Gasteiger partial charge in [0.15, 0.2) is 6.29 Å². The zero-order valence-corrected chi connectivity index (χ0v) is 18.2. The van der Waals surface area contributed by atoms with E-state index in [9.17, 15) is 13.6 Å². The van der Waals surface area contributed by atoms with Crippen LogP contribution in [0.3, 0.4) is 0 Å². The summed E-state index contributed by atoms with van der Waals surface area (Å²) in [6.07, 6.45) is 2.86. The molecule has 2 aliphatic rings. The van der Waals surface area contributed by atoms with Crippen molar-refractivity contribution in [3.8, 4) is 0 Å². The van der Waals surface area contributed by atoms with Crippen molar-refractivity contribution in [2.45, 2.75) is 44.1 Å². The molecule has 0 saturated heterocycles. The van der Waals surface area contributed by atoms with E-state index in [4.69, 9.17) is 10.7 Å². The second-order valence-corrected chi connectivity index (χ2v) is 8.64. The zero-order chi connectivity index (χ0) is 22.9. The quantitative estimate of drug-likeness (QED) is 0.695. The first-order valence-electron chi connectivity index (χ1n) is 10.6. The molecule has 8 heteroatoms. The van der Waals surface area contributed by atoms with Crippen molar-refractivity contribution in [1.29, 1.82) is 0 Å². The molecule has 1 aromatic carbocycles.